The Labute approximate surface area is 144 Å². The molecule has 3 N–H and O–H groups in total. The van der Waals surface area contributed by atoms with E-state index < -0.39 is 6.16 Å². The summed E-state index contributed by atoms with van der Waals surface area (Å²) in [6, 6.07) is 4.31. The quantitative estimate of drug-likeness (QED) is 0.720. The van der Waals surface area contributed by atoms with Crippen LogP contribution in [0.5, 0.6) is 0 Å². The molecule has 1 aliphatic rings. The lowest BCUT2D eigenvalue weighted by molar-refractivity contribution is 0.0689. The first-order valence-electron chi connectivity index (χ1n) is 8.34. The summed E-state index contributed by atoms with van der Waals surface area (Å²) < 4.78 is 23.4. The second-order valence-electron chi connectivity index (χ2n) is 5.90. The predicted molar refractivity (Wildman–Crippen MR) is 90.7 cm³/mol. The van der Waals surface area contributed by atoms with Gasteiger partial charge < -0.3 is 24.9 Å². The number of hydrogen-bond acceptors (Lipinski definition) is 5. The van der Waals surface area contributed by atoms with Gasteiger partial charge in [-0.25, -0.2) is 9.18 Å². The van der Waals surface area contributed by atoms with Gasteiger partial charge in [-0.15, -0.1) is 0 Å². The molecule has 0 saturated heterocycles. The molecule has 0 spiro atoms. The third kappa shape index (κ3) is 3.93. The summed E-state index contributed by atoms with van der Waals surface area (Å²) in [6.07, 6.45) is 2.63. The first-order valence-corrected chi connectivity index (χ1v) is 8.34. The lowest BCUT2D eigenvalue weighted by Crippen LogP contribution is -2.38. The number of ether oxygens (including phenoxy) is 2. The molecular weight excluding hydrogens is 327 g/mol. The Morgan fingerprint density at radius 3 is 3.08 bits per heavy atom. The van der Waals surface area contributed by atoms with Gasteiger partial charge in [0.25, 0.3) is 0 Å². The molecule has 0 fully saturated rings. The van der Waals surface area contributed by atoms with Gasteiger partial charge in [0.05, 0.1) is 12.6 Å². The van der Waals surface area contributed by atoms with E-state index in [-0.39, 0.29) is 30.0 Å². The molecule has 1 aromatic heterocycles. The fraction of sp³-hybridized carbons (Fsp3) is 0.389. The zero-order valence-corrected chi connectivity index (χ0v) is 14.0. The van der Waals surface area contributed by atoms with Crippen molar-refractivity contribution in [3.63, 3.8) is 0 Å². The number of fused-ring (bicyclic) bond motifs is 1. The molecule has 1 atom stereocenters. The van der Waals surface area contributed by atoms with E-state index >= 15 is 0 Å². The highest BCUT2D eigenvalue weighted by molar-refractivity contribution is 5.83. The smallest absolute Gasteiger partial charge is 0.509 e. The number of benzene rings is 1. The molecule has 0 bridgehead atoms. The molecule has 2 heterocycles. The van der Waals surface area contributed by atoms with Crippen molar-refractivity contribution in [3.05, 3.63) is 47.3 Å². The Kier molecular flexibility index (Phi) is 5.23. The second-order valence-corrected chi connectivity index (χ2v) is 5.90. The highest BCUT2D eigenvalue weighted by Crippen LogP contribution is 2.25. The standard InChI is InChI=1S/C18H21FN2O4/c1-2-24-18(23)25-17-15(20-8-7-16(17)22)5-3-11-10-21-14-6-4-12(19)9-13(11)14/h4,6,9-10,15,20-22H,2-3,5,7-8H2,1H3. The lowest BCUT2D eigenvalue weighted by Gasteiger charge is -2.26. The van der Waals surface area contributed by atoms with Crippen LogP contribution in [0.15, 0.2) is 35.9 Å². The molecule has 0 saturated carbocycles. The summed E-state index contributed by atoms with van der Waals surface area (Å²) in [6.45, 7) is 2.48. The van der Waals surface area contributed by atoms with Crippen molar-refractivity contribution in [2.75, 3.05) is 13.2 Å². The van der Waals surface area contributed by atoms with Crippen molar-refractivity contribution in [2.45, 2.75) is 32.2 Å². The van der Waals surface area contributed by atoms with E-state index in [4.69, 9.17) is 9.47 Å². The molecule has 2 aromatic rings. The summed E-state index contributed by atoms with van der Waals surface area (Å²) in [7, 11) is 0. The van der Waals surface area contributed by atoms with E-state index in [1.807, 2.05) is 6.20 Å². The van der Waals surface area contributed by atoms with Gasteiger partial charge in [-0.2, -0.15) is 0 Å². The number of aromatic nitrogens is 1. The third-order valence-electron chi connectivity index (χ3n) is 4.24. The molecule has 25 heavy (non-hydrogen) atoms. The van der Waals surface area contributed by atoms with Crippen molar-refractivity contribution in [1.29, 1.82) is 0 Å². The van der Waals surface area contributed by atoms with E-state index in [1.54, 1.807) is 13.0 Å². The van der Waals surface area contributed by atoms with Crippen molar-refractivity contribution in [3.8, 4) is 0 Å². The average Bonchev–Trinajstić information content (AvgIpc) is 2.98. The van der Waals surface area contributed by atoms with Crippen molar-refractivity contribution < 1.29 is 23.8 Å². The Bertz CT molecular complexity index is 799. The zero-order chi connectivity index (χ0) is 17.8. The van der Waals surface area contributed by atoms with Crippen LogP contribution in [0.4, 0.5) is 9.18 Å². The van der Waals surface area contributed by atoms with Crippen molar-refractivity contribution in [2.24, 2.45) is 0 Å². The number of carbonyl (C=O) groups excluding carboxylic acids is 1. The summed E-state index contributed by atoms with van der Waals surface area (Å²) in [4.78, 5) is 14.7. The van der Waals surface area contributed by atoms with Gasteiger partial charge in [-0.1, -0.05) is 0 Å². The van der Waals surface area contributed by atoms with Crippen LogP contribution < -0.4 is 5.32 Å². The normalized spacial score (nSPS) is 17.8. The fourth-order valence-corrected chi connectivity index (χ4v) is 3.04. The summed E-state index contributed by atoms with van der Waals surface area (Å²) in [5.41, 5.74) is 1.84. The fourth-order valence-electron chi connectivity index (χ4n) is 3.04. The van der Waals surface area contributed by atoms with E-state index in [2.05, 4.69) is 10.3 Å². The van der Waals surface area contributed by atoms with Gasteiger partial charge in [0, 0.05) is 30.1 Å². The second kappa shape index (κ2) is 7.57. The number of aromatic amines is 1. The molecular formula is C18H21FN2O4. The van der Waals surface area contributed by atoms with Crippen LogP contribution >= 0.6 is 0 Å². The molecule has 1 aliphatic heterocycles. The monoisotopic (exact) mass is 348 g/mol. The Morgan fingerprint density at radius 1 is 1.44 bits per heavy atom. The highest BCUT2D eigenvalue weighted by Gasteiger charge is 2.27. The molecule has 0 radical (unpaired) electrons. The first-order chi connectivity index (χ1) is 12.1. The molecule has 1 aromatic carbocycles. The number of hydrogen-bond donors (Lipinski definition) is 3. The number of H-pyrrole nitrogens is 1. The number of halogens is 1. The van der Waals surface area contributed by atoms with Gasteiger partial charge in [0.15, 0.2) is 5.76 Å². The molecule has 7 heteroatoms. The minimum absolute atomic E-state index is 0.0572. The minimum Gasteiger partial charge on any atom is -0.509 e. The van der Waals surface area contributed by atoms with Crippen LogP contribution in [-0.4, -0.2) is 35.4 Å². The number of aliphatic hydroxyl groups excluding tert-OH is 1. The minimum atomic E-state index is -0.827. The van der Waals surface area contributed by atoms with Gasteiger partial charge >= 0.3 is 6.16 Å². The Hall–Kier alpha value is -2.54. The molecule has 3 rings (SSSR count). The maximum atomic E-state index is 13.5. The molecule has 6 nitrogen and oxygen atoms in total. The first kappa shape index (κ1) is 17.3. The highest BCUT2D eigenvalue weighted by atomic mass is 19.1. The molecule has 134 valence electrons. The summed E-state index contributed by atoms with van der Waals surface area (Å²) in [5, 5.41) is 14.1. The van der Waals surface area contributed by atoms with Crippen LogP contribution in [0.3, 0.4) is 0 Å². The zero-order valence-electron chi connectivity index (χ0n) is 14.0. The van der Waals surface area contributed by atoms with E-state index in [1.165, 1.54) is 12.1 Å². The van der Waals surface area contributed by atoms with Crippen LogP contribution in [0, 0.1) is 5.82 Å². The SMILES string of the molecule is CCOC(=O)OC1=C(O)CCNC1CCc1c[nH]c2ccc(F)cc12. The average molecular weight is 348 g/mol. The predicted octanol–water partition coefficient (Wildman–Crippen LogP) is 3.54. The molecule has 0 amide bonds. The van der Waals surface area contributed by atoms with Crippen LogP contribution in [0.2, 0.25) is 0 Å². The Morgan fingerprint density at radius 2 is 2.28 bits per heavy atom. The number of rotatable bonds is 5. The number of carbonyl (C=O) groups is 1. The number of aliphatic hydroxyl groups is 1. The summed E-state index contributed by atoms with van der Waals surface area (Å²) >= 11 is 0. The largest absolute Gasteiger partial charge is 0.513 e. The van der Waals surface area contributed by atoms with Crippen LogP contribution in [0.25, 0.3) is 10.9 Å². The topological polar surface area (TPSA) is 83.6 Å². The van der Waals surface area contributed by atoms with Crippen LogP contribution in [0.1, 0.15) is 25.3 Å². The summed E-state index contributed by atoms with van der Waals surface area (Å²) in [5.74, 6) is -0.0227. The van der Waals surface area contributed by atoms with E-state index in [0.717, 1.165) is 16.5 Å². The third-order valence-corrected chi connectivity index (χ3v) is 4.24. The maximum Gasteiger partial charge on any atom is 0.513 e. The van der Waals surface area contributed by atoms with Gasteiger partial charge in [0.1, 0.15) is 11.6 Å². The van der Waals surface area contributed by atoms with Gasteiger partial charge in [-0.3, -0.25) is 0 Å². The van der Waals surface area contributed by atoms with Crippen molar-refractivity contribution >= 4 is 17.1 Å². The van der Waals surface area contributed by atoms with Gasteiger partial charge in [-0.05, 0) is 43.5 Å². The van der Waals surface area contributed by atoms with E-state index in [0.29, 0.717) is 25.8 Å². The number of aryl methyl sites for hydroxylation is 1. The number of nitrogens with one attached hydrogen (secondary N) is 2. The van der Waals surface area contributed by atoms with Crippen molar-refractivity contribution in [1.82, 2.24) is 10.3 Å². The van der Waals surface area contributed by atoms with Crippen LogP contribution in [-0.2, 0) is 15.9 Å². The lowest BCUT2D eigenvalue weighted by atomic mass is 10.00. The molecule has 1 unspecified atom stereocenters. The van der Waals surface area contributed by atoms with E-state index in [9.17, 15) is 14.3 Å². The molecule has 0 aliphatic carbocycles. The Balaban J connectivity index is 1.72. The maximum absolute atomic E-state index is 13.5. The van der Waals surface area contributed by atoms with Gasteiger partial charge in [0.2, 0.25) is 0 Å².